The molecular weight excluding hydrogens is 388 g/mol. The standard InChI is InChI=1S/C23H17F2N3O2/c24-17-7-6-16(20(25)10-17)12-27-9-8-18-19-13-28(23(29)22(19)26-11-21(18)27)30-14-15-4-2-1-3-5-15/h1-11H,12-14H2. The number of hydrogen-bond acceptors (Lipinski definition) is 3. The second-order valence-electron chi connectivity index (χ2n) is 7.16. The molecule has 0 saturated carbocycles. The van der Waals surface area contributed by atoms with Gasteiger partial charge in [0.2, 0.25) is 0 Å². The monoisotopic (exact) mass is 405 g/mol. The molecule has 1 aliphatic heterocycles. The maximum atomic E-state index is 14.1. The van der Waals surface area contributed by atoms with Crippen LogP contribution >= 0.6 is 0 Å². The van der Waals surface area contributed by atoms with E-state index in [9.17, 15) is 13.6 Å². The summed E-state index contributed by atoms with van der Waals surface area (Å²) in [7, 11) is 0. The van der Waals surface area contributed by atoms with Crippen LogP contribution < -0.4 is 0 Å². The Balaban J connectivity index is 1.40. The van der Waals surface area contributed by atoms with Gasteiger partial charge in [-0.25, -0.2) is 18.8 Å². The summed E-state index contributed by atoms with van der Waals surface area (Å²) in [5.41, 5.74) is 3.26. The fraction of sp³-hybridized carbons (Fsp3) is 0.130. The SMILES string of the molecule is O=C1c2ncc3c(ccn3Cc3ccc(F)cc3F)c2CN1OCc1ccccc1. The first-order valence-electron chi connectivity index (χ1n) is 9.49. The van der Waals surface area contributed by atoms with E-state index < -0.39 is 11.6 Å². The molecule has 0 unspecified atom stereocenters. The number of amides is 1. The van der Waals surface area contributed by atoms with E-state index in [4.69, 9.17) is 4.84 Å². The van der Waals surface area contributed by atoms with E-state index in [1.165, 1.54) is 17.2 Å². The molecular formula is C23H17F2N3O2. The molecule has 1 aliphatic rings. The van der Waals surface area contributed by atoms with Crippen LogP contribution in [0, 0.1) is 11.6 Å². The third-order valence-electron chi connectivity index (χ3n) is 5.25. The normalized spacial score (nSPS) is 13.3. The van der Waals surface area contributed by atoms with Crippen molar-refractivity contribution < 1.29 is 18.4 Å². The maximum absolute atomic E-state index is 14.1. The van der Waals surface area contributed by atoms with Gasteiger partial charge < -0.3 is 4.57 Å². The second-order valence-corrected chi connectivity index (χ2v) is 7.16. The fourth-order valence-electron chi connectivity index (χ4n) is 3.70. The molecule has 0 atom stereocenters. The fourth-order valence-corrected chi connectivity index (χ4v) is 3.70. The van der Waals surface area contributed by atoms with Crippen molar-refractivity contribution >= 4 is 16.8 Å². The highest BCUT2D eigenvalue weighted by atomic mass is 19.1. The molecule has 0 spiro atoms. The minimum absolute atomic E-state index is 0.234. The minimum atomic E-state index is -0.609. The van der Waals surface area contributed by atoms with Gasteiger partial charge in [0.05, 0.1) is 24.8 Å². The predicted molar refractivity (Wildman–Crippen MR) is 106 cm³/mol. The molecule has 150 valence electrons. The molecule has 0 aliphatic carbocycles. The summed E-state index contributed by atoms with van der Waals surface area (Å²) >= 11 is 0. The van der Waals surface area contributed by atoms with Crippen LogP contribution in [0.1, 0.15) is 27.2 Å². The van der Waals surface area contributed by atoms with Gasteiger partial charge in [-0.2, -0.15) is 0 Å². The number of aromatic nitrogens is 2. The van der Waals surface area contributed by atoms with Gasteiger partial charge in [-0.15, -0.1) is 0 Å². The Morgan fingerprint density at radius 2 is 1.90 bits per heavy atom. The third kappa shape index (κ3) is 3.23. The number of carbonyl (C=O) groups is 1. The van der Waals surface area contributed by atoms with Crippen molar-refractivity contribution in [3.05, 3.63) is 101 Å². The topological polar surface area (TPSA) is 47.4 Å². The molecule has 30 heavy (non-hydrogen) atoms. The van der Waals surface area contributed by atoms with Crippen LogP contribution in [0.15, 0.2) is 67.0 Å². The van der Waals surface area contributed by atoms with Gasteiger partial charge in [0.25, 0.3) is 5.91 Å². The van der Waals surface area contributed by atoms with E-state index in [1.54, 1.807) is 6.20 Å². The zero-order chi connectivity index (χ0) is 20.7. The van der Waals surface area contributed by atoms with Crippen molar-refractivity contribution in [1.29, 1.82) is 0 Å². The molecule has 0 radical (unpaired) electrons. The largest absolute Gasteiger partial charge is 0.342 e. The van der Waals surface area contributed by atoms with Crippen LogP contribution in [0.4, 0.5) is 8.78 Å². The highest BCUT2D eigenvalue weighted by molar-refractivity contribution is 6.01. The first kappa shape index (κ1) is 18.4. The van der Waals surface area contributed by atoms with Crippen LogP contribution in [0.5, 0.6) is 0 Å². The van der Waals surface area contributed by atoms with E-state index in [0.717, 1.165) is 28.1 Å². The Labute approximate surface area is 171 Å². The summed E-state index contributed by atoms with van der Waals surface area (Å²) in [6.07, 6.45) is 3.42. The number of carbonyl (C=O) groups excluding carboxylic acids is 1. The zero-order valence-corrected chi connectivity index (χ0v) is 15.9. The number of halogens is 2. The van der Waals surface area contributed by atoms with Gasteiger partial charge in [-0.1, -0.05) is 36.4 Å². The number of rotatable bonds is 5. The summed E-state index contributed by atoms with van der Waals surface area (Å²) in [5.74, 6) is -1.48. The lowest BCUT2D eigenvalue weighted by Gasteiger charge is -2.14. The number of pyridine rings is 1. The van der Waals surface area contributed by atoms with E-state index in [-0.39, 0.29) is 19.1 Å². The molecule has 0 saturated heterocycles. The van der Waals surface area contributed by atoms with Gasteiger partial charge in [-0.3, -0.25) is 9.63 Å². The molecule has 3 heterocycles. The van der Waals surface area contributed by atoms with E-state index in [1.807, 2.05) is 47.2 Å². The number of hydrogen-bond donors (Lipinski definition) is 0. The Kier molecular flexibility index (Phi) is 4.52. The molecule has 4 aromatic rings. The van der Waals surface area contributed by atoms with Crippen molar-refractivity contribution in [3.8, 4) is 0 Å². The zero-order valence-electron chi connectivity index (χ0n) is 15.9. The Morgan fingerprint density at radius 1 is 1.07 bits per heavy atom. The summed E-state index contributed by atoms with van der Waals surface area (Å²) < 4.78 is 29.1. The Hall–Kier alpha value is -3.58. The minimum Gasteiger partial charge on any atom is -0.342 e. The first-order chi connectivity index (χ1) is 14.6. The number of fused-ring (bicyclic) bond motifs is 3. The highest BCUT2D eigenvalue weighted by Crippen LogP contribution is 2.30. The average Bonchev–Trinajstić information content (AvgIpc) is 3.30. The van der Waals surface area contributed by atoms with Crippen molar-refractivity contribution in [2.45, 2.75) is 19.7 Å². The van der Waals surface area contributed by atoms with Crippen molar-refractivity contribution in [2.24, 2.45) is 0 Å². The lowest BCUT2D eigenvalue weighted by molar-refractivity contribution is -0.134. The van der Waals surface area contributed by atoms with Gasteiger partial charge in [-0.05, 0) is 17.7 Å². The van der Waals surface area contributed by atoms with Gasteiger partial charge in [0.15, 0.2) is 0 Å². The molecule has 0 fully saturated rings. The Morgan fingerprint density at radius 3 is 2.70 bits per heavy atom. The number of benzene rings is 2. The predicted octanol–water partition coefficient (Wildman–Crippen LogP) is 4.45. The van der Waals surface area contributed by atoms with Gasteiger partial charge >= 0.3 is 0 Å². The molecule has 5 nitrogen and oxygen atoms in total. The smallest absolute Gasteiger partial charge is 0.296 e. The molecule has 2 aromatic heterocycles. The molecule has 2 aromatic carbocycles. The molecule has 5 rings (SSSR count). The number of hydroxylamine groups is 2. The second kappa shape index (κ2) is 7.35. The van der Waals surface area contributed by atoms with Gasteiger partial charge in [0.1, 0.15) is 23.9 Å². The van der Waals surface area contributed by atoms with Crippen molar-refractivity contribution in [3.63, 3.8) is 0 Å². The van der Waals surface area contributed by atoms with Crippen LogP contribution in [-0.4, -0.2) is 20.5 Å². The number of nitrogens with zero attached hydrogens (tertiary/aromatic N) is 3. The maximum Gasteiger partial charge on any atom is 0.296 e. The summed E-state index contributed by atoms with van der Waals surface area (Å²) in [6.45, 7) is 0.813. The average molecular weight is 405 g/mol. The van der Waals surface area contributed by atoms with E-state index in [2.05, 4.69) is 4.98 Å². The van der Waals surface area contributed by atoms with Crippen LogP contribution in [0.3, 0.4) is 0 Å². The summed E-state index contributed by atoms with van der Waals surface area (Å²) in [6, 6.07) is 15.0. The summed E-state index contributed by atoms with van der Waals surface area (Å²) in [4.78, 5) is 22.7. The van der Waals surface area contributed by atoms with E-state index >= 15 is 0 Å². The van der Waals surface area contributed by atoms with Crippen LogP contribution in [-0.2, 0) is 24.5 Å². The molecule has 0 bridgehead atoms. The van der Waals surface area contributed by atoms with Crippen molar-refractivity contribution in [1.82, 2.24) is 14.6 Å². The first-order valence-corrected chi connectivity index (χ1v) is 9.49. The lowest BCUT2D eigenvalue weighted by atomic mass is 10.1. The quantitative estimate of drug-likeness (QED) is 0.493. The van der Waals surface area contributed by atoms with E-state index in [0.29, 0.717) is 17.8 Å². The third-order valence-corrected chi connectivity index (χ3v) is 5.25. The highest BCUT2D eigenvalue weighted by Gasteiger charge is 2.32. The van der Waals surface area contributed by atoms with Crippen LogP contribution in [0.2, 0.25) is 0 Å². The van der Waals surface area contributed by atoms with Gasteiger partial charge in [0, 0.05) is 28.8 Å². The molecule has 7 heteroatoms. The molecule has 0 N–H and O–H groups in total. The summed E-state index contributed by atoms with van der Waals surface area (Å²) in [5, 5.41) is 2.18. The van der Waals surface area contributed by atoms with Crippen LogP contribution in [0.25, 0.3) is 10.9 Å². The Bertz CT molecular complexity index is 1250. The van der Waals surface area contributed by atoms with Crippen molar-refractivity contribution in [2.75, 3.05) is 0 Å². The molecule has 1 amide bonds. The lowest BCUT2D eigenvalue weighted by Crippen LogP contribution is -2.24.